The average Bonchev–Trinajstić information content (AvgIpc) is 1.93. The van der Waals surface area contributed by atoms with Crippen LogP contribution in [0.4, 0.5) is 0 Å². The zero-order chi connectivity index (χ0) is 10.1. The summed E-state index contributed by atoms with van der Waals surface area (Å²) < 4.78 is 0. The van der Waals surface area contributed by atoms with Gasteiger partial charge >= 0.3 is 5.97 Å². The van der Waals surface area contributed by atoms with Crippen LogP contribution >= 0.6 is 0 Å². The van der Waals surface area contributed by atoms with Crippen molar-refractivity contribution in [3.8, 4) is 0 Å². The molecular formula is C10H16O3. The number of Topliss-reactive ketones (excluding diaryl/α,β-unsaturated/α-hetero) is 1. The Hall–Kier alpha value is -0.860. The highest BCUT2D eigenvalue weighted by atomic mass is 16.4. The molecule has 1 aliphatic rings. The summed E-state index contributed by atoms with van der Waals surface area (Å²) in [6.07, 6.45) is 2.23. The summed E-state index contributed by atoms with van der Waals surface area (Å²) in [4.78, 5) is 21.9. The fraction of sp³-hybridized carbons (Fsp3) is 0.800. The maximum atomic E-state index is 11.5. The SMILES string of the molecule is CC1(C)CCC(CC(=O)O)C(=O)C1. The normalized spacial score (nSPS) is 27.2. The monoisotopic (exact) mass is 184 g/mol. The molecule has 1 atom stereocenters. The van der Waals surface area contributed by atoms with Crippen LogP contribution in [-0.4, -0.2) is 16.9 Å². The molecule has 0 aliphatic heterocycles. The Bertz CT molecular complexity index is 230. The Morgan fingerprint density at radius 1 is 1.62 bits per heavy atom. The minimum Gasteiger partial charge on any atom is -0.481 e. The fourth-order valence-electron chi connectivity index (χ4n) is 1.86. The van der Waals surface area contributed by atoms with E-state index in [9.17, 15) is 9.59 Å². The molecule has 0 radical (unpaired) electrons. The maximum absolute atomic E-state index is 11.5. The highest BCUT2D eigenvalue weighted by Crippen LogP contribution is 2.36. The van der Waals surface area contributed by atoms with Gasteiger partial charge in [0.1, 0.15) is 5.78 Å². The fourth-order valence-corrected chi connectivity index (χ4v) is 1.86. The quantitative estimate of drug-likeness (QED) is 0.712. The van der Waals surface area contributed by atoms with Crippen LogP contribution in [0, 0.1) is 11.3 Å². The van der Waals surface area contributed by atoms with Gasteiger partial charge in [-0.1, -0.05) is 13.8 Å². The van der Waals surface area contributed by atoms with E-state index < -0.39 is 5.97 Å². The highest BCUT2D eigenvalue weighted by molar-refractivity contribution is 5.86. The number of hydrogen-bond donors (Lipinski definition) is 1. The molecular weight excluding hydrogens is 168 g/mol. The molecule has 1 saturated carbocycles. The zero-order valence-corrected chi connectivity index (χ0v) is 8.17. The Morgan fingerprint density at radius 2 is 2.23 bits per heavy atom. The van der Waals surface area contributed by atoms with E-state index in [1.54, 1.807) is 0 Å². The molecule has 0 amide bonds. The van der Waals surface area contributed by atoms with Crippen LogP contribution in [0.5, 0.6) is 0 Å². The second-order valence-corrected chi connectivity index (χ2v) is 4.64. The summed E-state index contributed by atoms with van der Waals surface area (Å²) >= 11 is 0. The first-order valence-corrected chi connectivity index (χ1v) is 4.65. The first-order valence-electron chi connectivity index (χ1n) is 4.65. The van der Waals surface area contributed by atoms with E-state index in [1.807, 2.05) is 0 Å². The zero-order valence-electron chi connectivity index (χ0n) is 8.17. The van der Waals surface area contributed by atoms with Crippen molar-refractivity contribution < 1.29 is 14.7 Å². The third-order valence-corrected chi connectivity index (χ3v) is 2.70. The summed E-state index contributed by atoms with van der Waals surface area (Å²) in [6, 6.07) is 0. The van der Waals surface area contributed by atoms with Gasteiger partial charge < -0.3 is 5.11 Å². The third-order valence-electron chi connectivity index (χ3n) is 2.70. The van der Waals surface area contributed by atoms with E-state index >= 15 is 0 Å². The van der Waals surface area contributed by atoms with Gasteiger partial charge in [0, 0.05) is 12.3 Å². The summed E-state index contributed by atoms with van der Waals surface area (Å²) in [5, 5.41) is 8.56. The first-order chi connectivity index (χ1) is 5.91. The van der Waals surface area contributed by atoms with Crippen molar-refractivity contribution in [2.24, 2.45) is 11.3 Å². The molecule has 0 aromatic carbocycles. The van der Waals surface area contributed by atoms with Crippen LogP contribution in [0.25, 0.3) is 0 Å². The first kappa shape index (κ1) is 10.2. The molecule has 1 N–H and O–H groups in total. The van der Waals surface area contributed by atoms with Crippen molar-refractivity contribution in [1.29, 1.82) is 0 Å². The smallest absolute Gasteiger partial charge is 0.304 e. The van der Waals surface area contributed by atoms with E-state index in [1.165, 1.54) is 0 Å². The molecule has 3 heteroatoms. The lowest BCUT2D eigenvalue weighted by atomic mass is 9.71. The van der Waals surface area contributed by atoms with Crippen LogP contribution in [0.3, 0.4) is 0 Å². The lowest BCUT2D eigenvalue weighted by Gasteiger charge is -2.32. The van der Waals surface area contributed by atoms with Crippen molar-refractivity contribution in [2.45, 2.75) is 39.5 Å². The molecule has 0 spiro atoms. The summed E-state index contributed by atoms with van der Waals surface area (Å²) in [7, 11) is 0. The average molecular weight is 184 g/mol. The van der Waals surface area contributed by atoms with E-state index in [2.05, 4.69) is 13.8 Å². The Labute approximate surface area is 78.1 Å². The molecule has 3 nitrogen and oxygen atoms in total. The number of carbonyl (C=O) groups is 2. The molecule has 1 aliphatic carbocycles. The van der Waals surface area contributed by atoms with E-state index in [0.717, 1.165) is 12.8 Å². The van der Waals surface area contributed by atoms with Gasteiger partial charge in [-0.3, -0.25) is 9.59 Å². The lowest BCUT2D eigenvalue weighted by molar-refractivity contribution is -0.142. The van der Waals surface area contributed by atoms with Gasteiger partial charge in [0.05, 0.1) is 6.42 Å². The number of carbonyl (C=O) groups excluding carboxylic acids is 1. The topological polar surface area (TPSA) is 54.4 Å². The number of aliphatic carboxylic acids is 1. The summed E-state index contributed by atoms with van der Waals surface area (Å²) in [6.45, 7) is 4.11. The molecule has 74 valence electrons. The molecule has 0 saturated heterocycles. The predicted molar refractivity (Wildman–Crippen MR) is 48.4 cm³/mol. The highest BCUT2D eigenvalue weighted by Gasteiger charge is 2.34. The van der Waals surface area contributed by atoms with Crippen molar-refractivity contribution >= 4 is 11.8 Å². The molecule has 1 rings (SSSR count). The number of rotatable bonds is 2. The predicted octanol–water partition coefficient (Wildman–Crippen LogP) is 1.86. The van der Waals surface area contributed by atoms with Crippen LogP contribution in [0.1, 0.15) is 39.5 Å². The Kier molecular flexibility index (Phi) is 2.74. The van der Waals surface area contributed by atoms with Crippen LogP contribution in [0.2, 0.25) is 0 Å². The molecule has 0 bridgehead atoms. The van der Waals surface area contributed by atoms with Gasteiger partial charge in [-0.05, 0) is 18.3 Å². The number of ketones is 1. The van der Waals surface area contributed by atoms with Crippen molar-refractivity contribution in [2.75, 3.05) is 0 Å². The van der Waals surface area contributed by atoms with Crippen molar-refractivity contribution in [3.63, 3.8) is 0 Å². The number of carboxylic acids is 1. The Balaban J connectivity index is 2.54. The van der Waals surface area contributed by atoms with Gasteiger partial charge in [-0.15, -0.1) is 0 Å². The van der Waals surface area contributed by atoms with Crippen molar-refractivity contribution in [3.05, 3.63) is 0 Å². The molecule has 0 aromatic heterocycles. The van der Waals surface area contributed by atoms with Crippen LogP contribution < -0.4 is 0 Å². The molecule has 1 unspecified atom stereocenters. The molecule has 1 fully saturated rings. The second-order valence-electron chi connectivity index (χ2n) is 4.64. The summed E-state index contributed by atoms with van der Waals surface area (Å²) in [5.41, 5.74) is 0.0755. The van der Waals surface area contributed by atoms with Crippen LogP contribution in [0.15, 0.2) is 0 Å². The minimum absolute atomic E-state index is 0.00884. The molecule has 13 heavy (non-hydrogen) atoms. The Morgan fingerprint density at radius 3 is 2.69 bits per heavy atom. The standard InChI is InChI=1S/C10H16O3/c1-10(2)4-3-7(5-9(12)13)8(11)6-10/h7H,3-6H2,1-2H3,(H,12,13). The second kappa shape index (κ2) is 3.48. The van der Waals surface area contributed by atoms with E-state index in [0.29, 0.717) is 6.42 Å². The lowest BCUT2D eigenvalue weighted by Crippen LogP contribution is -2.31. The van der Waals surface area contributed by atoms with Gasteiger partial charge in [0.15, 0.2) is 0 Å². The minimum atomic E-state index is -0.863. The van der Waals surface area contributed by atoms with Gasteiger partial charge in [0.2, 0.25) is 0 Å². The van der Waals surface area contributed by atoms with Gasteiger partial charge in [-0.25, -0.2) is 0 Å². The van der Waals surface area contributed by atoms with Crippen LogP contribution in [-0.2, 0) is 9.59 Å². The van der Waals surface area contributed by atoms with Gasteiger partial charge in [0.25, 0.3) is 0 Å². The van der Waals surface area contributed by atoms with Gasteiger partial charge in [-0.2, -0.15) is 0 Å². The largest absolute Gasteiger partial charge is 0.481 e. The maximum Gasteiger partial charge on any atom is 0.304 e. The third kappa shape index (κ3) is 2.83. The molecule has 0 aromatic rings. The van der Waals surface area contributed by atoms with E-state index in [-0.39, 0.29) is 23.5 Å². The molecule has 0 heterocycles. The summed E-state index contributed by atoms with van der Waals surface area (Å²) in [5.74, 6) is -0.970. The number of carboxylic acid groups (broad SMARTS) is 1. The number of hydrogen-bond acceptors (Lipinski definition) is 2. The van der Waals surface area contributed by atoms with E-state index in [4.69, 9.17) is 5.11 Å². The van der Waals surface area contributed by atoms with Crippen molar-refractivity contribution in [1.82, 2.24) is 0 Å².